The number of hydrogen-bond donors (Lipinski definition) is 3. The molecule has 0 bridgehead atoms. The summed E-state index contributed by atoms with van der Waals surface area (Å²) < 4.78 is 35.7. The third kappa shape index (κ3) is 121. The number of ether oxygens (including phenoxy) is 3. The first kappa shape index (κ1) is 91.3. The second kappa shape index (κ2) is 63.7. The van der Waals surface area contributed by atoms with Gasteiger partial charge in [0.1, 0.15) is 15.6 Å². The van der Waals surface area contributed by atoms with E-state index in [0.717, 1.165) is 44.9 Å². The van der Waals surface area contributed by atoms with E-state index in [1.54, 1.807) is 47.0 Å². The van der Waals surface area contributed by atoms with Crippen LogP contribution in [0.1, 0.15) is 206 Å². The molecule has 0 rings (SSSR count). The summed E-state index contributed by atoms with van der Waals surface area (Å²) in [4.78, 5) is 22.7. The second-order valence-electron chi connectivity index (χ2n) is 22.2. The average molecular weight is 1030 g/mol. The fraction of sp³-hybridized carbons (Fsp3) is 0.931. The van der Waals surface area contributed by atoms with Crippen molar-refractivity contribution in [2.24, 2.45) is 70.8 Å². The molecule has 12 heteroatoms. The molecule has 0 fully saturated rings. The summed E-state index contributed by atoms with van der Waals surface area (Å²) in [5.74, 6) is 7.20. The molecule has 0 aliphatic carbocycles. The van der Waals surface area contributed by atoms with Gasteiger partial charge in [-0.25, -0.2) is 8.42 Å². The summed E-state index contributed by atoms with van der Waals surface area (Å²) in [6.07, 6.45) is 5.54. The average Bonchev–Trinajstić information content (AvgIpc) is 3.20. The number of nitrogens with zero attached hydrogens (tertiary/aromatic N) is 1. The lowest BCUT2D eigenvalue weighted by Gasteiger charge is -2.17. The van der Waals surface area contributed by atoms with Crippen LogP contribution in [0.5, 0.6) is 0 Å². The molecule has 0 aliphatic rings. The van der Waals surface area contributed by atoms with E-state index < -0.39 is 9.84 Å². The van der Waals surface area contributed by atoms with Crippen molar-refractivity contribution in [3.63, 3.8) is 0 Å². The van der Waals surface area contributed by atoms with Gasteiger partial charge in [0, 0.05) is 67.7 Å². The molecular weight excluding hydrogens is 901 g/mol. The van der Waals surface area contributed by atoms with Crippen LogP contribution in [0, 0.1) is 65.1 Å². The Kier molecular flexibility index (Phi) is 83.1. The Morgan fingerprint density at radius 2 is 1.00 bits per heavy atom. The number of hydrogen-bond acceptors (Lipinski definition) is 10. The molecule has 0 saturated heterocycles. The molecule has 0 radical (unpaired) electrons. The molecule has 0 aromatic heterocycles. The van der Waals surface area contributed by atoms with E-state index in [0.29, 0.717) is 78.0 Å². The van der Waals surface area contributed by atoms with Crippen molar-refractivity contribution in [1.29, 1.82) is 0 Å². The zero-order chi connectivity index (χ0) is 58.5. The number of nitrogens with two attached hydrogens (primary N) is 1. The first-order chi connectivity index (χ1) is 31.6. The highest BCUT2D eigenvalue weighted by Gasteiger charge is 2.10. The number of aliphatic hydroxyl groups is 2. The topological polar surface area (TPSA) is 166 Å². The molecule has 0 heterocycles. The van der Waals surface area contributed by atoms with Gasteiger partial charge in [0.2, 0.25) is 5.91 Å². The third-order valence-electron chi connectivity index (χ3n) is 9.70. The number of Topliss-reactive ketones (excluding diaryl/α,β-unsaturated/α-hetero) is 1. The summed E-state index contributed by atoms with van der Waals surface area (Å²) in [6.45, 7) is 60.6. The highest BCUT2D eigenvalue weighted by Crippen LogP contribution is 2.12. The minimum atomic E-state index is -2.72. The number of carbonyl (C=O) groups is 2. The molecule has 4 N–H and O–H groups in total. The van der Waals surface area contributed by atoms with Crippen molar-refractivity contribution < 1.29 is 42.4 Å². The Morgan fingerprint density at radius 1 is 0.629 bits per heavy atom. The summed E-state index contributed by atoms with van der Waals surface area (Å²) >= 11 is 0. The van der Waals surface area contributed by atoms with Crippen molar-refractivity contribution in [2.45, 2.75) is 218 Å². The molecular formula is C58H132N2O9S. The number of ketones is 1. The molecule has 0 aromatic rings. The van der Waals surface area contributed by atoms with Gasteiger partial charge in [-0.3, -0.25) is 4.79 Å². The van der Waals surface area contributed by atoms with Gasteiger partial charge in [0.25, 0.3) is 0 Å². The monoisotopic (exact) mass is 1030 g/mol. The van der Waals surface area contributed by atoms with Gasteiger partial charge >= 0.3 is 0 Å². The van der Waals surface area contributed by atoms with Crippen LogP contribution in [-0.4, -0.2) is 121 Å². The maximum atomic E-state index is 10.6. The minimum Gasteiger partial charge on any atom is -0.396 e. The summed E-state index contributed by atoms with van der Waals surface area (Å²) in [7, 11) is 4.22. The number of methoxy groups -OCH3 is 3. The zero-order valence-corrected chi connectivity index (χ0v) is 53.8. The van der Waals surface area contributed by atoms with E-state index >= 15 is 0 Å². The van der Waals surface area contributed by atoms with Crippen LogP contribution < -0.4 is 5.73 Å². The predicted octanol–water partition coefficient (Wildman–Crippen LogP) is 14.0. The summed E-state index contributed by atoms with van der Waals surface area (Å²) in [6, 6.07) is 0. The number of sulfone groups is 1. The number of amides is 1. The van der Waals surface area contributed by atoms with Crippen molar-refractivity contribution in [3.05, 3.63) is 12.2 Å². The number of carbonyl (C=O) groups excluding carboxylic acids is 2. The molecule has 11 nitrogen and oxygen atoms in total. The van der Waals surface area contributed by atoms with E-state index in [2.05, 4.69) is 131 Å². The van der Waals surface area contributed by atoms with Crippen LogP contribution >= 0.6 is 0 Å². The van der Waals surface area contributed by atoms with Gasteiger partial charge in [-0.15, -0.1) is 0 Å². The lowest BCUT2D eigenvalue weighted by molar-refractivity contribution is -0.128. The SMILES string of the molecule is C=C(C)C(C)C.CC(=O)CCC(C)C.CC(=O)N(C)CC(C)C.CC(C)C(C)O.CC(C)CN.CC(C)CS(C)(=O)=O.CCC(C)C.CCC(CO)C(C)C.COCC(C)C.COCC(OC)C(C)C. The van der Waals surface area contributed by atoms with Gasteiger partial charge in [0.05, 0.1) is 24.6 Å². The zero-order valence-electron chi connectivity index (χ0n) is 53.0. The van der Waals surface area contributed by atoms with Crippen LogP contribution in [-0.2, 0) is 33.6 Å². The first-order valence-electron chi connectivity index (χ1n) is 26.7. The number of rotatable bonds is 20. The highest BCUT2D eigenvalue weighted by atomic mass is 32.2. The highest BCUT2D eigenvalue weighted by molar-refractivity contribution is 7.90. The fourth-order valence-corrected chi connectivity index (χ4v) is 4.83. The molecule has 434 valence electrons. The molecule has 3 atom stereocenters. The Hall–Kier alpha value is -1.41. The molecule has 70 heavy (non-hydrogen) atoms. The van der Waals surface area contributed by atoms with E-state index in [4.69, 9.17) is 30.2 Å². The largest absolute Gasteiger partial charge is 0.396 e. The lowest BCUT2D eigenvalue weighted by Crippen LogP contribution is -2.27. The Balaban J connectivity index is -0.0000000719. The molecule has 0 aliphatic heterocycles. The van der Waals surface area contributed by atoms with E-state index in [9.17, 15) is 18.0 Å². The van der Waals surface area contributed by atoms with Crippen LogP contribution in [0.3, 0.4) is 0 Å². The summed E-state index contributed by atoms with van der Waals surface area (Å²) in [5, 5.41) is 17.3. The Labute approximate surface area is 441 Å². The van der Waals surface area contributed by atoms with Crippen molar-refractivity contribution in [1.82, 2.24) is 4.90 Å². The lowest BCUT2D eigenvalue weighted by atomic mass is 9.95. The van der Waals surface area contributed by atoms with Gasteiger partial charge in [0.15, 0.2) is 0 Å². The first-order valence-corrected chi connectivity index (χ1v) is 28.7. The molecule has 0 saturated carbocycles. The number of aliphatic hydroxyl groups excluding tert-OH is 2. The minimum absolute atomic E-state index is 0.142. The van der Waals surface area contributed by atoms with Gasteiger partial charge in [-0.05, 0) is 98.8 Å². The van der Waals surface area contributed by atoms with Crippen LogP contribution in [0.25, 0.3) is 0 Å². The second-order valence-corrected chi connectivity index (χ2v) is 24.4. The Bertz CT molecular complexity index is 1120. The number of allylic oxidation sites excluding steroid dienone is 1. The maximum absolute atomic E-state index is 10.6. The standard InChI is InChI=1S/C7H15NO.C7H16O2.C7H14O.C7H16O.C6H12.C5H12O2S.2C5H12O.C5H12.C4H11N/c1-6(2)5-8(4)7(3)9;1-6(2)7(9-4)5-8-3;1-6(2)4-5-7(3)8;1-4-7(5-8)6(2)3;1-5(2)6(3)4;1-5(2)4-8(3,6)7;1-5(2)4-6-3;1-4(2)5(3)6;1-4-5(2)3;1-4(2)3-5/h6H,5H2,1-4H3;6-7H,5H2,1-4H3;6H,4-5H2,1-3H3;6-8H,4-5H2,1-3H3;6H,1H2,2-4H3;5H,4H2,1-3H3;5H,4H2,1-3H3;4-6H,1-3H3;5H,4H2,1-3H3;4H,3,5H2,1-2H3. The van der Waals surface area contributed by atoms with E-state index in [1.807, 2.05) is 41.7 Å². The van der Waals surface area contributed by atoms with E-state index in [1.165, 1.54) is 18.2 Å². The molecule has 1 amide bonds. The van der Waals surface area contributed by atoms with Crippen LogP contribution in [0.2, 0.25) is 0 Å². The van der Waals surface area contributed by atoms with Crippen LogP contribution in [0.4, 0.5) is 0 Å². The smallest absolute Gasteiger partial charge is 0.219 e. The fourth-order valence-electron chi connectivity index (χ4n) is 3.62. The van der Waals surface area contributed by atoms with Crippen molar-refractivity contribution in [3.8, 4) is 0 Å². The quantitative estimate of drug-likeness (QED) is 0.0999. The Morgan fingerprint density at radius 3 is 1.04 bits per heavy atom. The third-order valence-corrected chi connectivity index (χ3v) is 11.0. The normalized spacial score (nSPS) is 11.7. The van der Waals surface area contributed by atoms with Gasteiger partial charge < -0.3 is 39.9 Å². The van der Waals surface area contributed by atoms with Crippen LogP contribution in [0.15, 0.2) is 12.2 Å². The summed E-state index contributed by atoms with van der Waals surface area (Å²) in [5.41, 5.74) is 6.43. The van der Waals surface area contributed by atoms with Crippen molar-refractivity contribution in [2.75, 3.05) is 73.3 Å². The molecule has 0 aromatic carbocycles. The van der Waals surface area contributed by atoms with E-state index in [-0.39, 0.29) is 24.0 Å². The van der Waals surface area contributed by atoms with Crippen molar-refractivity contribution >= 4 is 21.5 Å². The maximum Gasteiger partial charge on any atom is 0.219 e. The van der Waals surface area contributed by atoms with Gasteiger partial charge in [-0.1, -0.05) is 177 Å². The molecule has 0 spiro atoms. The molecule has 3 unspecified atom stereocenters. The van der Waals surface area contributed by atoms with Gasteiger partial charge in [-0.2, -0.15) is 0 Å². The predicted molar refractivity (Wildman–Crippen MR) is 313 cm³/mol.